The van der Waals surface area contributed by atoms with Crippen LogP contribution in [0, 0.1) is 0 Å². The van der Waals surface area contributed by atoms with E-state index in [1.165, 1.54) is 27.2 Å². The Bertz CT molecular complexity index is 674. The Kier molecular flexibility index (Phi) is 5.77. The monoisotopic (exact) mass is 339 g/mol. The number of thioether (sulfide) groups is 1. The topological polar surface area (TPSA) is 23.5 Å². The van der Waals surface area contributed by atoms with Crippen molar-refractivity contribution in [2.24, 2.45) is 0 Å². The summed E-state index contributed by atoms with van der Waals surface area (Å²) in [7, 11) is 2.07. The molecule has 0 saturated heterocycles. The number of nitrogens with zero attached hydrogens (tertiary/aromatic N) is 1. The predicted octanol–water partition coefficient (Wildman–Crippen LogP) is 4.43. The van der Waals surface area contributed by atoms with Gasteiger partial charge in [-0.2, -0.15) is 0 Å². The summed E-state index contributed by atoms with van der Waals surface area (Å²) in [6.07, 6.45) is 3.06. The van der Waals surface area contributed by atoms with Crippen molar-refractivity contribution in [2.75, 3.05) is 20.1 Å². The molecule has 2 aromatic rings. The summed E-state index contributed by atoms with van der Waals surface area (Å²) in [4.78, 5) is 3.54. The first-order valence-corrected chi connectivity index (χ1v) is 9.51. The van der Waals surface area contributed by atoms with Gasteiger partial charge in [-0.1, -0.05) is 48.5 Å². The van der Waals surface area contributed by atoms with E-state index in [1.54, 1.807) is 0 Å². The van der Waals surface area contributed by atoms with Crippen LogP contribution in [0.4, 0.5) is 0 Å². The van der Waals surface area contributed by atoms with Crippen LogP contribution < -0.4 is 0 Å². The summed E-state index contributed by atoms with van der Waals surface area (Å²) in [6, 6.07) is 17.4. The molecule has 3 heteroatoms. The van der Waals surface area contributed by atoms with Gasteiger partial charge in [-0.3, -0.25) is 0 Å². The van der Waals surface area contributed by atoms with E-state index in [0.29, 0.717) is 6.54 Å². The molecule has 0 aliphatic carbocycles. The van der Waals surface area contributed by atoms with E-state index < -0.39 is 0 Å². The zero-order valence-electron chi connectivity index (χ0n) is 14.4. The van der Waals surface area contributed by atoms with Gasteiger partial charge < -0.3 is 10.0 Å². The molecule has 0 saturated carbocycles. The summed E-state index contributed by atoms with van der Waals surface area (Å²) in [6.45, 7) is 3.50. The number of fused-ring (bicyclic) bond motifs is 2. The van der Waals surface area contributed by atoms with Gasteiger partial charge in [0.25, 0.3) is 0 Å². The Labute approximate surface area is 149 Å². The third-order valence-corrected chi connectivity index (χ3v) is 5.43. The molecule has 0 aromatic heterocycles. The lowest BCUT2D eigenvalue weighted by atomic mass is 9.93. The molecule has 1 unspecified atom stereocenters. The summed E-state index contributed by atoms with van der Waals surface area (Å²) in [5, 5.41) is 9.51. The molecule has 2 nitrogen and oxygen atoms in total. The molecule has 1 heterocycles. The molecule has 1 aliphatic rings. The van der Waals surface area contributed by atoms with Crippen LogP contribution in [0.15, 0.2) is 59.5 Å². The predicted molar refractivity (Wildman–Crippen MR) is 103 cm³/mol. The molecule has 1 atom stereocenters. The van der Waals surface area contributed by atoms with E-state index in [-0.39, 0.29) is 6.10 Å². The Balaban J connectivity index is 1.89. The van der Waals surface area contributed by atoms with E-state index in [4.69, 9.17) is 0 Å². The Morgan fingerprint density at radius 1 is 1.12 bits per heavy atom. The van der Waals surface area contributed by atoms with Crippen molar-refractivity contribution in [3.8, 4) is 0 Å². The quantitative estimate of drug-likeness (QED) is 0.872. The largest absolute Gasteiger partial charge is 0.392 e. The van der Waals surface area contributed by atoms with Crippen molar-refractivity contribution in [1.82, 2.24) is 4.90 Å². The van der Waals surface area contributed by atoms with Crippen LogP contribution in [0.25, 0.3) is 5.57 Å². The second kappa shape index (κ2) is 8.02. The van der Waals surface area contributed by atoms with Crippen LogP contribution in [-0.4, -0.2) is 36.2 Å². The highest BCUT2D eigenvalue weighted by Gasteiger charge is 2.17. The van der Waals surface area contributed by atoms with Gasteiger partial charge in [0.05, 0.1) is 6.10 Å². The molecule has 0 radical (unpaired) electrons. The number of likely N-dealkylation sites (N-methyl/N-ethyl adjacent to an activating group) is 1. The lowest BCUT2D eigenvalue weighted by molar-refractivity contribution is 0.142. The van der Waals surface area contributed by atoms with Gasteiger partial charge in [-0.15, -0.1) is 11.8 Å². The fraction of sp³-hybridized carbons (Fsp3) is 0.333. The number of aliphatic hydroxyl groups excluding tert-OH is 1. The van der Waals surface area contributed by atoms with Gasteiger partial charge in [0, 0.05) is 23.7 Å². The highest BCUT2D eigenvalue weighted by atomic mass is 32.2. The number of aliphatic hydroxyl groups is 1. The molecule has 0 amide bonds. The molecule has 0 spiro atoms. The first kappa shape index (κ1) is 17.3. The molecule has 3 rings (SSSR count). The fourth-order valence-corrected chi connectivity index (χ4v) is 4.29. The molecular formula is C21H25NOS. The van der Waals surface area contributed by atoms with Gasteiger partial charge in [-0.25, -0.2) is 0 Å². The minimum Gasteiger partial charge on any atom is -0.392 e. The van der Waals surface area contributed by atoms with Gasteiger partial charge in [0.1, 0.15) is 0 Å². The van der Waals surface area contributed by atoms with E-state index in [9.17, 15) is 5.11 Å². The van der Waals surface area contributed by atoms with E-state index in [0.717, 1.165) is 18.7 Å². The number of benzene rings is 2. The van der Waals surface area contributed by atoms with Gasteiger partial charge in [0.15, 0.2) is 0 Å². The molecule has 0 fully saturated rings. The van der Waals surface area contributed by atoms with Crippen LogP contribution in [0.2, 0.25) is 0 Å². The Morgan fingerprint density at radius 3 is 2.62 bits per heavy atom. The first-order valence-electron chi connectivity index (χ1n) is 8.52. The average Bonchev–Trinajstić information content (AvgIpc) is 2.72. The van der Waals surface area contributed by atoms with Crippen LogP contribution in [-0.2, 0) is 5.75 Å². The van der Waals surface area contributed by atoms with Gasteiger partial charge >= 0.3 is 0 Å². The maximum atomic E-state index is 9.51. The molecule has 1 aliphatic heterocycles. The van der Waals surface area contributed by atoms with E-state index >= 15 is 0 Å². The third-order valence-electron chi connectivity index (χ3n) is 4.30. The minimum atomic E-state index is -0.279. The molecular weight excluding hydrogens is 314 g/mol. The second-order valence-electron chi connectivity index (χ2n) is 6.46. The lowest BCUT2D eigenvalue weighted by Crippen LogP contribution is -2.27. The summed E-state index contributed by atoms with van der Waals surface area (Å²) < 4.78 is 0. The van der Waals surface area contributed by atoms with Crippen LogP contribution in [0.3, 0.4) is 0 Å². The summed E-state index contributed by atoms with van der Waals surface area (Å²) in [5.74, 6) is 1.02. The normalized spacial score (nSPS) is 16.6. The molecule has 126 valence electrons. The maximum absolute atomic E-state index is 9.51. The zero-order chi connectivity index (χ0) is 16.9. The van der Waals surface area contributed by atoms with Crippen LogP contribution >= 0.6 is 11.8 Å². The lowest BCUT2D eigenvalue weighted by Gasteiger charge is -2.18. The number of hydrogen-bond acceptors (Lipinski definition) is 3. The molecule has 1 N–H and O–H groups in total. The van der Waals surface area contributed by atoms with Crippen molar-refractivity contribution in [3.05, 3.63) is 71.3 Å². The van der Waals surface area contributed by atoms with Crippen molar-refractivity contribution in [3.63, 3.8) is 0 Å². The standard InChI is InChI=1S/C21H25NOS/c1-16(23)14-22(2)13-7-11-19-18-9-4-3-8-17(18)15-24-21-12-6-5-10-20(19)21/h3-6,8-12,16,23H,7,13-15H2,1-2H3/b19-11-. The highest BCUT2D eigenvalue weighted by molar-refractivity contribution is 7.98. The summed E-state index contributed by atoms with van der Waals surface area (Å²) in [5.41, 5.74) is 5.44. The van der Waals surface area contributed by atoms with E-state index in [2.05, 4.69) is 66.6 Å². The van der Waals surface area contributed by atoms with Crippen molar-refractivity contribution >= 4 is 17.3 Å². The summed E-state index contributed by atoms with van der Waals surface area (Å²) >= 11 is 1.92. The van der Waals surface area contributed by atoms with Crippen molar-refractivity contribution in [1.29, 1.82) is 0 Å². The highest BCUT2D eigenvalue weighted by Crippen LogP contribution is 2.39. The Hall–Kier alpha value is -1.55. The third kappa shape index (κ3) is 4.10. The van der Waals surface area contributed by atoms with Gasteiger partial charge in [0.2, 0.25) is 0 Å². The van der Waals surface area contributed by atoms with Crippen molar-refractivity contribution < 1.29 is 5.11 Å². The number of hydrogen-bond donors (Lipinski definition) is 1. The van der Waals surface area contributed by atoms with Gasteiger partial charge in [-0.05, 0) is 48.7 Å². The smallest absolute Gasteiger partial charge is 0.0638 e. The SMILES string of the molecule is CC(O)CN(C)CC/C=C1/c2ccccc2CSc2ccccc21. The second-order valence-corrected chi connectivity index (χ2v) is 7.48. The zero-order valence-corrected chi connectivity index (χ0v) is 15.2. The number of rotatable bonds is 5. The van der Waals surface area contributed by atoms with Crippen molar-refractivity contribution in [2.45, 2.75) is 30.1 Å². The van der Waals surface area contributed by atoms with E-state index in [1.807, 2.05) is 18.7 Å². The maximum Gasteiger partial charge on any atom is 0.0638 e. The minimum absolute atomic E-state index is 0.279. The van der Waals surface area contributed by atoms with Crippen LogP contribution in [0.5, 0.6) is 0 Å². The molecule has 2 aromatic carbocycles. The van der Waals surface area contributed by atoms with Crippen LogP contribution in [0.1, 0.15) is 30.0 Å². The average molecular weight is 340 g/mol. The first-order chi connectivity index (χ1) is 11.6. The molecule has 24 heavy (non-hydrogen) atoms. The molecule has 0 bridgehead atoms. The Morgan fingerprint density at radius 2 is 1.83 bits per heavy atom. The fourth-order valence-electron chi connectivity index (χ4n) is 3.22.